The molecule has 0 radical (unpaired) electrons. The number of rotatable bonds is 14. The maximum Gasteiger partial charge on any atom is 0.285 e. The van der Waals surface area contributed by atoms with Crippen molar-refractivity contribution in [3.8, 4) is 16.9 Å². The van der Waals surface area contributed by atoms with E-state index in [0.29, 0.717) is 39.5 Å². The standard InChI is InChI=1S/C21H22Br2O.C19H16O.C18H16OSi.2C12H17N.C6H3Cl2N.2C6H8N.3C5H10.C4H4N.2Mo.W/c1-12-17(22)10-13-6-2-4-8-15(13)19(12)20-16-9-5-3-7-14(16)11-18(23)21(20)24;20-19(16-10-4-1-5-11-16,17-12-6-2-7-13-17)18-14-8-3-9-15-18;19-20(16-10-4-1-5-11-16,17-12-6-2-7-13-17)18-14-8-3-9-15-18;2*1-8(2)10-6-5-7-11(9(3)4)12(10)13;7-4-2-1-3-5(8)6(4)9;2*1-5-3-4-6(2)7-5;3*1-5(2,3)4;1-2-4-5-3-1;;;/h10-11,24H,2-9H2,1H3;1-15,20H;1-15,19H;2*5-9H,1-4H3;1-3H;2*3-4H,1-2H3;3*1H,2-4H3;1-4H;;;/q;;;;;;2*-1;;;;-1;;;. The summed E-state index contributed by atoms with van der Waals surface area (Å²) in [5.74, 6) is 2.59. The number of aromatic hydroxyl groups is 1. The Morgan fingerprint density at radius 2 is 0.699 bits per heavy atom. The van der Waals surface area contributed by atoms with E-state index in [2.05, 4.69) is 237 Å². The number of phenolic OH excluding ortho intramolecular Hbond substituents is 1. The molecule has 0 amide bonds. The van der Waals surface area contributed by atoms with Crippen molar-refractivity contribution in [3.05, 3.63) is 406 Å². The zero-order chi connectivity index (χ0) is 99.3. The molecular formula is C119H141Br2Cl2Mo2N6O3SiW-3. The monoisotopic (exact) mass is 2340 g/mol. The van der Waals surface area contributed by atoms with Gasteiger partial charge in [0.15, 0.2) is 0 Å². The number of hydrogen-bond acceptors (Lipinski definition) is 6. The van der Waals surface area contributed by atoms with Gasteiger partial charge in [-0.1, -0.05) is 262 Å². The van der Waals surface area contributed by atoms with Crippen LogP contribution < -0.4 is 30.5 Å². The summed E-state index contributed by atoms with van der Waals surface area (Å²) in [4.78, 5) is 23.5. The number of nitrogens with zero attached hydrogens (tertiary/aromatic N) is 6. The molecule has 11 aromatic carbocycles. The van der Waals surface area contributed by atoms with Crippen molar-refractivity contribution in [2.45, 2.75) is 233 Å². The molecule has 17 heteroatoms. The molecule has 3 heterocycles. The summed E-state index contributed by atoms with van der Waals surface area (Å²) in [6.45, 7) is 48.3. The summed E-state index contributed by atoms with van der Waals surface area (Å²) in [6.07, 6.45) is 13.0. The second kappa shape index (κ2) is 55.7. The van der Waals surface area contributed by atoms with Gasteiger partial charge < -0.3 is 30.0 Å². The largest absolute Gasteiger partial charge is 0.670 e. The number of aliphatic hydroxyl groups is 1. The fraction of sp³-hybridized carbons (Fsp3) is 0.319. The summed E-state index contributed by atoms with van der Waals surface area (Å²) >= 11 is 17.7. The number of halogens is 4. The third-order valence-corrected chi connectivity index (χ3v) is 37.3. The summed E-state index contributed by atoms with van der Waals surface area (Å²) < 4.78 is 23.7. The molecule has 2 aliphatic carbocycles. The molecule has 3 aromatic heterocycles. The Hall–Kier alpha value is -8.19. The summed E-state index contributed by atoms with van der Waals surface area (Å²) in [6, 6.07) is 94.3. The number of aromatic nitrogens is 3. The third kappa shape index (κ3) is 35.2. The maximum absolute atomic E-state index is 11.6. The number of aryl methyl sites for hydroxylation is 6. The molecule has 0 saturated carbocycles. The van der Waals surface area contributed by atoms with Gasteiger partial charge in [-0.2, -0.15) is 35.2 Å². The average Bonchev–Trinajstić information content (AvgIpc) is 0.876. The number of benzene rings is 11. The van der Waals surface area contributed by atoms with Gasteiger partial charge in [0.1, 0.15) is 11.4 Å². The molecule has 0 unspecified atom stereocenters. The normalized spacial score (nSPS) is 12.0. The molecule has 0 bridgehead atoms. The quantitative estimate of drug-likeness (QED) is 0.0732. The van der Waals surface area contributed by atoms with Crippen molar-refractivity contribution in [1.82, 2.24) is 15.0 Å². The van der Waals surface area contributed by atoms with Gasteiger partial charge in [0.05, 0.1) is 4.47 Å². The molecule has 2 aliphatic rings. The van der Waals surface area contributed by atoms with Gasteiger partial charge in [-0.15, -0.1) is 0 Å². The van der Waals surface area contributed by atoms with Crippen LogP contribution in [-0.2, 0) is 85.0 Å². The second-order valence-electron chi connectivity index (χ2n) is 38.8. The van der Waals surface area contributed by atoms with Crippen molar-refractivity contribution >= 4 is 109 Å². The molecule has 0 aliphatic heterocycles. The molecular weight excluding hydrogens is 2200 g/mol. The van der Waals surface area contributed by atoms with Crippen LogP contribution in [0, 0.1) is 50.9 Å². The minimum Gasteiger partial charge on any atom is -0.670 e. The molecule has 14 aromatic rings. The summed E-state index contributed by atoms with van der Waals surface area (Å²) in [7, 11) is -2.88. The van der Waals surface area contributed by atoms with E-state index in [-0.39, 0.29) is 16.2 Å². The van der Waals surface area contributed by atoms with Crippen LogP contribution >= 0.6 is 55.1 Å². The van der Waals surface area contributed by atoms with Crippen LogP contribution in [0.25, 0.3) is 11.1 Å². The fourth-order valence-corrected chi connectivity index (χ4v) is 26.1. The number of phenols is 1. The fourth-order valence-electron chi connectivity index (χ4n) is 15.5. The minimum absolute atomic E-state index is 0.238. The first-order valence-corrected chi connectivity index (χ1v) is 58.6. The van der Waals surface area contributed by atoms with Crippen LogP contribution in [0.4, 0.5) is 17.1 Å². The molecule has 718 valence electrons. The Morgan fingerprint density at radius 3 is 0.993 bits per heavy atom. The summed E-state index contributed by atoms with van der Waals surface area (Å²) in [5, 5.41) is 26.7. The SMILES string of the molecule is CC(C)(C)[CH]=[W]=[N]c1c(Cl)cccc1Cl.CC(C)c1cccc(C(C)C)c1[N]=[Mo]=[CH]C(C)(C)C.CC(C)c1cccc(C(C)C)c1[N]=[Mo]=[CH]C(C)(C)C.Cc1c(Br)cc2c(c1-c1c(O)c(Br)cc3c1CCCC3)CCCC2.Cc1ccc(C)[n-]1.Cc1ccc(C)[n-]1.OC(c1ccccc1)(c1ccccc1)c1ccccc1.O[Si](c1ccccc1)(c1ccccc1)c1ccccc1.c1cc[n-]c1. The van der Waals surface area contributed by atoms with Crippen LogP contribution in [0.15, 0.2) is 317 Å². The van der Waals surface area contributed by atoms with E-state index < -0.39 is 67.7 Å². The van der Waals surface area contributed by atoms with Crippen LogP contribution in [0.5, 0.6) is 5.75 Å². The Kier molecular flexibility index (Phi) is 46.3. The van der Waals surface area contributed by atoms with Gasteiger partial charge in [-0.3, -0.25) is 0 Å². The van der Waals surface area contributed by atoms with E-state index in [1.54, 1.807) is 12.4 Å². The van der Waals surface area contributed by atoms with Crippen LogP contribution in [-0.4, -0.2) is 36.5 Å². The smallest absolute Gasteiger partial charge is 0.285 e. The Labute approximate surface area is 867 Å². The first kappa shape index (κ1) is 113. The first-order valence-electron chi connectivity index (χ1n) is 47.2. The maximum atomic E-state index is 11.6. The second-order valence-corrected chi connectivity index (χ2v) is 49.9. The molecule has 0 fully saturated rings. The number of hydrogen-bond donors (Lipinski definition) is 3. The Morgan fingerprint density at radius 1 is 0.390 bits per heavy atom. The molecule has 16 rings (SSSR count). The van der Waals surface area contributed by atoms with Crippen molar-refractivity contribution in [3.63, 3.8) is 0 Å². The van der Waals surface area contributed by atoms with Crippen molar-refractivity contribution in [2.24, 2.45) is 26.7 Å². The van der Waals surface area contributed by atoms with Gasteiger partial charge in [0.2, 0.25) is 0 Å². The molecule has 136 heavy (non-hydrogen) atoms. The van der Waals surface area contributed by atoms with E-state index in [4.69, 9.17) is 30.2 Å². The zero-order valence-electron chi connectivity index (χ0n) is 83.7. The Bertz CT molecular complexity index is 5580. The van der Waals surface area contributed by atoms with Crippen LogP contribution in [0.3, 0.4) is 0 Å². The molecule has 0 saturated heterocycles. The number of fused-ring (bicyclic) bond motifs is 2. The average molecular weight is 2340 g/mol. The van der Waals surface area contributed by atoms with E-state index in [9.17, 15) is 15.0 Å². The molecule has 0 atom stereocenters. The minimum atomic E-state index is -2.88. The zero-order valence-corrected chi connectivity index (χ0v) is 96.4. The van der Waals surface area contributed by atoms with Gasteiger partial charge in [-0.25, -0.2) is 0 Å². The van der Waals surface area contributed by atoms with Crippen LogP contribution in [0.2, 0.25) is 10.0 Å². The topological polar surface area (TPSA) is 140 Å². The predicted octanol–water partition coefficient (Wildman–Crippen LogP) is 31.5. The van der Waals surface area contributed by atoms with Crippen molar-refractivity contribution in [2.75, 3.05) is 0 Å². The van der Waals surface area contributed by atoms with Gasteiger partial charge >= 0.3 is 362 Å². The van der Waals surface area contributed by atoms with Gasteiger partial charge in [0, 0.05) is 10.0 Å². The van der Waals surface area contributed by atoms with Crippen LogP contribution in [0.1, 0.15) is 257 Å². The van der Waals surface area contributed by atoms with Crippen molar-refractivity contribution < 1.29 is 68.8 Å². The van der Waals surface area contributed by atoms with E-state index in [1.165, 1.54) is 97.2 Å². The Balaban J connectivity index is 0.000000193. The van der Waals surface area contributed by atoms with Gasteiger partial charge in [-0.05, 0) is 152 Å². The van der Waals surface area contributed by atoms with E-state index >= 15 is 0 Å². The first-order chi connectivity index (χ1) is 64.6. The van der Waals surface area contributed by atoms with Gasteiger partial charge in [0.25, 0.3) is 8.32 Å². The van der Waals surface area contributed by atoms with Crippen molar-refractivity contribution in [1.29, 1.82) is 0 Å². The van der Waals surface area contributed by atoms with E-state index in [0.717, 1.165) is 96.4 Å². The summed E-state index contributed by atoms with van der Waals surface area (Å²) in [5.41, 5.74) is 25.0. The van der Waals surface area contributed by atoms with E-state index in [1.807, 2.05) is 264 Å². The molecule has 3 N–H and O–H groups in total. The molecule has 9 nitrogen and oxygen atoms in total. The molecule has 0 spiro atoms. The predicted molar refractivity (Wildman–Crippen MR) is 581 cm³/mol. The third-order valence-electron chi connectivity index (χ3n) is 22.4.